The van der Waals surface area contributed by atoms with Gasteiger partial charge in [-0.25, -0.2) is 0 Å². The van der Waals surface area contributed by atoms with Crippen LogP contribution in [0.1, 0.15) is 69.7 Å². The molecule has 22 heteroatoms. The first kappa shape index (κ1) is 73.5. The Labute approximate surface area is 252 Å². The molecule has 0 rings (SSSR count). The normalized spacial score (nSPS) is 8.34. The molecule has 41 heavy (non-hydrogen) atoms. The molecule has 0 amide bonds. The third-order valence-corrected chi connectivity index (χ3v) is 4.28. The highest BCUT2D eigenvalue weighted by atomic mass is 31.2. The van der Waals surface area contributed by atoms with Crippen molar-refractivity contribution in [3.05, 3.63) is 0 Å². The van der Waals surface area contributed by atoms with Gasteiger partial charge in [0.2, 0.25) is 0 Å². The fourth-order valence-electron chi connectivity index (χ4n) is 0.802. The van der Waals surface area contributed by atoms with Gasteiger partial charge in [0.25, 0.3) is 0 Å². The standard InChI is InChI=1S/C6H15O3P.C4H11O3P.C2H7O3P.3C2H6O.CH4.H3O3P.3H2O/c1-4-7-10(8-5-2)9-6-3;1-3-6-8(5)7-4-2;1-2-5-6(3)4;3*1-2-3;;1-4(2)3;;;/h4-6H2,1-3H3;5H,3-4H2,1-2H3;3-4H,2H2,1H3;3*3H,2H2,1H3;1H4;1-3H;3*1H2. The molecule has 0 aliphatic carbocycles. The summed E-state index contributed by atoms with van der Waals surface area (Å²) in [6.45, 7) is 20.2. The Morgan fingerprint density at radius 1 is 0.415 bits per heavy atom. The molecule has 0 bridgehead atoms. The van der Waals surface area contributed by atoms with E-state index in [0.29, 0.717) is 39.6 Å². The van der Waals surface area contributed by atoms with Crippen molar-refractivity contribution in [3.63, 3.8) is 0 Å². The summed E-state index contributed by atoms with van der Waals surface area (Å²) in [6, 6.07) is 0. The zero-order valence-corrected chi connectivity index (χ0v) is 28.7. The third kappa shape index (κ3) is 173. The monoisotopic (exact) mass is 704 g/mol. The smallest absolute Gasteiger partial charge is 0.332 e. The van der Waals surface area contributed by atoms with Crippen molar-refractivity contribution in [2.75, 3.05) is 59.5 Å². The first-order valence-electron chi connectivity index (χ1n) is 11.3. The van der Waals surface area contributed by atoms with E-state index in [-0.39, 0.29) is 43.7 Å². The molecule has 0 atom stereocenters. The Kier molecular flexibility index (Phi) is 150. The predicted molar refractivity (Wildman–Crippen MR) is 167 cm³/mol. The van der Waals surface area contributed by atoms with E-state index in [2.05, 4.69) is 13.6 Å². The van der Waals surface area contributed by atoms with Crippen molar-refractivity contribution in [3.8, 4) is 0 Å². The van der Waals surface area contributed by atoms with Crippen LogP contribution in [0.2, 0.25) is 0 Å². The van der Waals surface area contributed by atoms with Gasteiger partial charge in [0.15, 0.2) is 0 Å². The van der Waals surface area contributed by atoms with Gasteiger partial charge in [0.1, 0.15) is 0 Å². The molecule has 0 fully saturated rings. The lowest BCUT2D eigenvalue weighted by Gasteiger charge is -2.12. The molecular formula is C19H64O18P4. The van der Waals surface area contributed by atoms with Crippen molar-refractivity contribution in [2.45, 2.75) is 69.7 Å². The van der Waals surface area contributed by atoms with Gasteiger partial charge in [-0.05, 0) is 62.3 Å². The highest BCUT2D eigenvalue weighted by Crippen LogP contribution is 2.38. The highest BCUT2D eigenvalue weighted by molar-refractivity contribution is 7.41. The predicted octanol–water partition coefficient (Wildman–Crippen LogP) is 1.18. The van der Waals surface area contributed by atoms with Crippen LogP contribution < -0.4 is 0 Å². The third-order valence-electron chi connectivity index (χ3n) is 1.43. The van der Waals surface area contributed by atoms with Gasteiger partial charge < -0.3 is 88.3 Å². The maximum Gasteiger partial charge on any atom is 0.332 e. The summed E-state index contributed by atoms with van der Waals surface area (Å²) in [4.78, 5) is 46.3. The van der Waals surface area contributed by atoms with Crippen LogP contribution in [0.15, 0.2) is 0 Å². The zero-order valence-electron chi connectivity index (χ0n) is 25.1. The fourth-order valence-corrected chi connectivity index (χ4v) is 2.40. The number of aliphatic hydroxyl groups is 3. The lowest BCUT2D eigenvalue weighted by Crippen LogP contribution is -1.94. The minimum Gasteiger partial charge on any atom is -0.412 e. The van der Waals surface area contributed by atoms with E-state index in [0.717, 1.165) is 0 Å². The summed E-state index contributed by atoms with van der Waals surface area (Å²) in [7, 11) is -7.36. The van der Waals surface area contributed by atoms with E-state index < -0.39 is 34.4 Å². The maximum atomic E-state index is 8.67. The average Bonchev–Trinajstić information content (AvgIpc) is 2.77. The topological polar surface area (TPSA) is 332 Å². The largest absolute Gasteiger partial charge is 0.412 e. The second-order valence-corrected chi connectivity index (χ2v) is 7.95. The van der Waals surface area contributed by atoms with Gasteiger partial charge in [-0.1, -0.05) is 7.43 Å². The summed E-state index contributed by atoms with van der Waals surface area (Å²) in [6.07, 6.45) is 0. The lowest BCUT2D eigenvalue weighted by atomic mass is 10.9. The number of aliphatic hydroxyl groups excluding tert-OH is 3. The van der Waals surface area contributed by atoms with Crippen molar-refractivity contribution in [1.29, 1.82) is 0 Å². The molecule has 0 aliphatic rings. The summed E-state index contributed by atoms with van der Waals surface area (Å²) in [5.74, 6) is 0. The molecule has 0 aliphatic heterocycles. The van der Waals surface area contributed by atoms with Crippen LogP contribution in [0.4, 0.5) is 0 Å². The summed E-state index contributed by atoms with van der Waals surface area (Å²) >= 11 is 0. The molecule has 0 radical (unpaired) electrons. The second kappa shape index (κ2) is 83.7. The number of hydrogen-bond acceptors (Lipinski definition) is 15. The van der Waals surface area contributed by atoms with Crippen LogP contribution in [0, 0.1) is 0 Å². The zero-order chi connectivity index (χ0) is 30.9. The SMILES string of the molecule is C.CCO.CCO.CCO.CCOP(O)O.CCOP(O)OCC.CCOP(OCC)OCC.O.O.O.OP(O)O. The molecule has 15 N–H and O–H groups in total. The van der Waals surface area contributed by atoms with Crippen molar-refractivity contribution >= 4 is 34.4 Å². The molecule has 0 saturated heterocycles. The van der Waals surface area contributed by atoms with Crippen LogP contribution in [-0.2, 0) is 27.1 Å². The van der Waals surface area contributed by atoms with E-state index in [1.165, 1.54) is 0 Å². The number of hydrogen-bond donors (Lipinski definition) is 9. The van der Waals surface area contributed by atoms with E-state index in [1.54, 1.807) is 27.7 Å². The van der Waals surface area contributed by atoms with Crippen LogP contribution in [0.5, 0.6) is 0 Å². The van der Waals surface area contributed by atoms with Gasteiger partial charge >= 0.3 is 34.4 Å². The molecule has 0 aromatic rings. The Hall–Kier alpha value is 1.000. The summed E-state index contributed by atoms with van der Waals surface area (Å²) < 4.78 is 29.0. The molecule has 0 aromatic heterocycles. The van der Waals surface area contributed by atoms with Crippen molar-refractivity contribution < 1.29 is 88.3 Å². The molecule has 0 spiro atoms. The fraction of sp³-hybridized carbons (Fsp3) is 1.00. The quantitative estimate of drug-likeness (QED) is 0.129. The maximum absolute atomic E-state index is 8.67. The Morgan fingerprint density at radius 3 is 0.683 bits per heavy atom. The summed E-state index contributed by atoms with van der Waals surface area (Å²) in [5, 5.41) is 22.7. The molecular weight excluding hydrogens is 640 g/mol. The average molecular weight is 705 g/mol. The number of rotatable bonds is 12. The van der Waals surface area contributed by atoms with Crippen molar-refractivity contribution in [2.24, 2.45) is 0 Å². The van der Waals surface area contributed by atoms with Crippen LogP contribution in [0.25, 0.3) is 0 Å². The molecule has 18 nitrogen and oxygen atoms in total. The molecule has 0 saturated carbocycles. The Balaban J connectivity index is -0.0000000295. The van der Waals surface area contributed by atoms with E-state index in [9.17, 15) is 0 Å². The van der Waals surface area contributed by atoms with Gasteiger partial charge in [-0.2, -0.15) is 0 Å². The van der Waals surface area contributed by atoms with Gasteiger partial charge in [-0.3, -0.25) is 0 Å². The van der Waals surface area contributed by atoms with Gasteiger partial charge in [0.05, 0.1) is 39.6 Å². The van der Waals surface area contributed by atoms with Gasteiger partial charge in [-0.15, -0.1) is 0 Å². The highest BCUT2D eigenvalue weighted by Gasteiger charge is 2.07. The molecule has 268 valence electrons. The van der Waals surface area contributed by atoms with E-state index >= 15 is 0 Å². The molecule has 0 unspecified atom stereocenters. The second-order valence-electron chi connectivity index (χ2n) is 4.44. The van der Waals surface area contributed by atoms with E-state index in [4.69, 9.17) is 58.3 Å². The molecule has 0 aromatic carbocycles. The van der Waals surface area contributed by atoms with Crippen molar-refractivity contribution in [1.82, 2.24) is 0 Å². The minimum absolute atomic E-state index is 0. The van der Waals surface area contributed by atoms with Crippen LogP contribution in [0.3, 0.4) is 0 Å². The first-order valence-corrected chi connectivity index (χ1v) is 15.9. The van der Waals surface area contributed by atoms with Gasteiger partial charge in [0, 0.05) is 19.8 Å². The summed E-state index contributed by atoms with van der Waals surface area (Å²) in [5.41, 5.74) is 0. The molecule has 0 heterocycles. The Morgan fingerprint density at radius 2 is 0.585 bits per heavy atom. The van der Waals surface area contributed by atoms with Crippen LogP contribution in [-0.4, -0.2) is 121 Å². The van der Waals surface area contributed by atoms with Crippen LogP contribution >= 0.6 is 34.4 Å². The Bertz CT molecular complexity index is 281. The minimum atomic E-state index is -2.62. The lowest BCUT2D eigenvalue weighted by molar-refractivity contribution is 0.176. The first-order chi connectivity index (χ1) is 17.4. The van der Waals surface area contributed by atoms with E-state index in [1.807, 2.05) is 34.6 Å².